The molecular formula is C8H8Cl4. The molecule has 0 N–H and O–H groups in total. The van der Waals surface area contributed by atoms with E-state index in [1.165, 1.54) is 0 Å². The SMILES string of the molecule is Cl[C@@H]1[C@@H](Cl)[C@@H]2[C@@H]1[C@H](Cl)C=C[C@@H]2Cl. The number of hydrogen-bond acceptors (Lipinski definition) is 0. The summed E-state index contributed by atoms with van der Waals surface area (Å²) in [7, 11) is 0. The van der Waals surface area contributed by atoms with E-state index in [0.717, 1.165) is 0 Å². The Hall–Kier alpha value is 0.900. The lowest BCUT2D eigenvalue weighted by Gasteiger charge is -2.51. The van der Waals surface area contributed by atoms with E-state index in [9.17, 15) is 0 Å². The van der Waals surface area contributed by atoms with Crippen molar-refractivity contribution in [2.24, 2.45) is 11.8 Å². The molecule has 0 unspecified atom stereocenters. The average Bonchev–Trinajstić information content (AvgIpc) is 2.07. The average molecular weight is 246 g/mol. The van der Waals surface area contributed by atoms with E-state index < -0.39 is 0 Å². The van der Waals surface area contributed by atoms with E-state index in [1.807, 2.05) is 12.2 Å². The van der Waals surface area contributed by atoms with Crippen LogP contribution in [0.5, 0.6) is 0 Å². The Morgan fingerprint density at radius 3 is 1.33 bits per heavy atom. The second kappa shape index (κ2) is 3.24. The Balaban J connectivity index is 2.20. The summed E-state index contributed by atoms with van der Waals surface area (Å²) >= 11 is 24.1. The van der Waals surface area contributed by atoms with Gasteiger partial charge in [0.05, 0.1) is 21.5 Å². The first-order valence-corrected chi connectivity index (χ1v) is 5.62. The Labute approximate surface area is 91.8 Å². The molecule has 0 radical (unpaired) electrons. The van der Waals surface area contributed by atoms with Gasteiger partial charge in [0.25, 0.3) is 0 Å². The number of halogens is 4. The fraction of sp³-hybridized carbons (Fsp3) is 0.750. The van der Waals surface area contributed by atoms with Crippen molar-refractivity contribution in [3.63, 3.8) is 0 Å². The highest BCUT2D eigenvalue weighted by atomic mass is 35.5. The van der Waals surface area contributed by atoms with E-state index in [2.05, 4.69) is 0 Å². The summed E-state index contributed by atoms with van der Waals surface area (Å²) in [6, 6.07) is 0. The summed E-state index contributed by atoms with van der Waals surface area (Å²) in [6.45, 7) is 0. The minimum atomic E-state index is -0.0228. The van der Waals surface area contributed by atoms with Gasteiger partial charge in [0.2, 0.25) is 0 Å². The second-order valence-electron chi connectivity index (χ2n) is 3.32. The van der Waals surface area contributed by atoms with Crippen LogP contribution in [0, 0.1) is 11.8 Å². The molecule has 0 aromatic carbocycles. The lowest BCUT2D eigenvalue weighted by atomic mass is 9.66. The zero-order valence-electron chi connectivity index (χ0n) is 6.13. The minimum Gasteiger partial charge on any atom is -0.121 e. The van der Waals surface area contributed by atoms with Gasteiger partial charge >= 0.3 is 0 Å². The third kappa shape index (κ3) is 1.19. The lowest BCUT2D eigenvalue weighted by molar-refractivity contribution is 0.194. The molecule has 0 nitrogen and oxygen atoms in total. The number of allylic oxidation sites excluding steroid dienone is 2. The highest BCUT2D eigenvalue weighted by Gasteiger charge is 2.54. The normalized spacial score (nSPS) is 57.7. The molecule has 0 aromatic rings. The first kappa shape index (κ1) is 9.45. The molecule has 2 rings (SSSR count). The molecule has 0 amide bonds. The van der Waals surface area contributed by atoms with Crippen LogP contribution in [-0.4, -0.2) is 21.5 Å². The van der Waals surface area contributed by atoms with Gasteiger partial charge < -0.3 is 0 Å². The van der Waals surface area contributed by atoms with Crippen LogP contribution in [-0.2, 0) is 0 Å². The Morgan fingerprint density at radius 1 is 0.667 bits per heavy atom. The van der Waals surface area contributed by atoms with Crippen LogP contribution >= 0.6 is 46.4 Å². The van der Waals surface area contributed by atoms with Gasteiger partial charge in [-0.2, -0.15) is 0 Å². The van der Waals surface area contributed by atoms with Crippen LogP contribution in [0.1, 0.15) is 0 Å². The second-order valence-corrected chi connectivity index (χ2v) is 5.33. The van der Waals surface area contributed by atoms with Crippen molar-refractivity contribution in [1.82, 2.24) is 0 Å². The van der Waals surface area contributed by atoms with Crippen LogP contribution in [0.25, 0.3) is 0 Å². The predicted octanol–water partition coefficient (Wildman–Crippen LogP) is 3.23. The first-order chi connectivity index (χ1) is 5.63. The number of fused-ring (bicyclic) bond motifs is 1. The zero-order valence-corrected chi connectivity index (χ0v) is 9.15. The Kier molecular flexibility index (Phi) is 2.55. The lowest BCUT2D eigenvalue weighted by Crippen LogP contribution is -2.57. The molecule has 68 valence electrons. The molecule has 4 heteroatoms. The topological polar surface area (TPSA) is 0 Å². The van der Waals surface area contributed by atoms with E-state index in [0.29, 0.717) is 0 Å². The van der Waals surface area contributed by atoms with Crippen molar-refractivity contribution in [3.05, 3.63) is 12.2 Å². The van der Waals surface area contributed by atoms with Gasteiger partial charge in [-0.3, -0.25) is 0 Å². The molecule has 12 heavy (non-hydrogen) atoms. The van der Waals surface area contributed by atoms with Gasteiger partial charge in [-0.1, -0.05) is 12.2 Å². The molecule has 2 aliphatic rings. The van der Waals surface area contributed by atoms with Crippen molar-refractivity contribution in [3.8, 4) is 0 Å². The monoisotopic (exact) mass is 244 g/mol. The molecule has 0 spiro atoms. The quantitative estimate of drug-likeness (QED) is 0.454. The smallest absolute Gasteiger partial charge is 0.0563 e. The molecule has 2 aliphatic carbocycles. The van der Waals surface area contributed by atoms with Crippen molar-refractivity contribution < 1.29 is 0 Å². The van der Waals surface area contributed by atoms with Crippen LogP contribution in [0.3, 0.4) is 0 Å². The summed E-state index contributed by atoms with van der Waals surface area (Å²) in [5.74, 6) is 0.506. The van der Waals surface area contributed by atoms with Crippen LogP contribution in [0.15, 0.2) is 12.2 Å². The van der Waals surface area contributed by atoms with Gasteiger partial charge in [-0.25, -0.2) is 0 Å². The number of rotatable bonds is 0. The van der Waals surface area contributed by atoms with Crippen molar-refractivity contribution in [1.29, 1.82) is 0 Å². The maximum atomic E-state index is 6.05. The molecule has 0 bridgehead atoms. The van der Waals surface area contributed by atoms with Gasteiger partial charge in [0.1, 0.15) is 0 Å². The summed E-state index contributed by atoms with van der Waals surface area (Å²) < 4.78 is 0. The zero-order chi connectivity index (χ0) is 8.88. The Morgan fingerprint density at radius 2 is 1.00 bits per heavy atom. The summed E-state index contributed by atoms with van der Waals surface area (Å²) in [6.07, 6.45) is 3.83. The van der Waals surface area contributed by atoms with E-state index in [-0.39, 0.29) is 33.3 Å². The van der Waals surface area contributed by atoms with Crippen molar-refractivity contribution in [2.75, 3.05) is 0 Å². The van der Waals surface area contributed by atoms with Crippen LogP contribution in [0.2, 0.25) is 0 Å². The largest absolute Gasteiger partial charge is 0.121 e. The van der Waals surface area contributed by atoms with Gasteiger partial charge in [-0.15, -0.1) is 46.4 Å². The van der Waals surface area contributed by atoms with E-state index >= 15 is 0 Å². The van der Waals surface area contributed by atoms with Crippen LogP contribution in [0.4, 0.5) is 0 Å². The fourth-order valence-electron chi connectivity index (χ4n) is 1.95. The van der Waals surface area contributed by atoms with Gasteiger partial charge in [-0.05, 0) is 0 Å². The Bertz CT molecular complexity index is 193. The highest BCUT2D eigenvalue weighted by molar-refractivity contribution is 6.34. The first-order valence-electron chi connectivity index (χ1n) is 3.87. The molecule has 0 aliphatic heterocycles. The maximum Gasteiger partial charge on any atom is 0.0563 e. The third-order valence-corrected chi connectivity index (χ3v) is 4.82. The van der Waals surface area contributed by atoms with Crippen molar-refractivity contribution in [2.45, 2.75) is 21.5 Å². The van der Waals surface area contributed by atoms with Crippen molar-refractivity contribution >= 4 is 46.4 Å². The number of alkyl halides is 4. The fourth-order valence-corrected chi connectivity index (χ4v) is 3.90. The third-order valence-electron chi connectivity index (χ3n) is 2.70. The molecular weight excluding hydrogens is 238 g/mol. The molecule has 0 heterocycles. The molecule has 6 atom stereocenters. The maximum absolute atomic E-state index is 6.05. The van der Waals surface area contributed by atoms with Gasteiger partial charge in [0.15, 0.2) is 0 Å². The molecule has 1 fully saturated rings. The van der Waals surface area contributed by atoms with Crippen LogP contribution < -0.4 is 0 Å². The van der Waals surface area contributed by atoms with Gasteiger partial charge in [0, 0.05) is 11.8 Å². The summed E-state index contributed by atoms with van der Waals surface area (Å²) in [4.78, 5) is 0. The molecule has 0 aromatic heterocycles. The van der Waals surface area contributed by atoms with E-state index in [1.54, 1.807) is 0 Å². The summed E-state index contributed by atoms with van der Waals surface area (Å²) in [5, 5.41) is -0.0410. The standard InChI is InChI=1S/C8H8Cl4/c9-3-1-2-4(10)6-5(3)7(11)8(6)12/h1-8H/t3-,4+,5-,6-,7-,8-/m0/s1. The predicted molar refractivity (Wildman–Crippen MR) is 54.7 cm³/mol. The van der Waals surface area contributed by atoms with E-state index in [4.69, 9.17) is 46.4 Å². The summed E-state index contributed by atoms with van der Waals surface area (Å²) in [5.41, 5.74) is 0. The minimum absolute atomic E-state index is 0.00231. The molecule has 0 saturated heterocycles. The molecule has 1 saturated carbocycles. The number of hydrogen-bond donors (Lipinski definition) is 0. The highest BCUT2D eigenvalue weighted by Crippen LogP contribution is 2.51.